The zero-order valence-electron chi connectivity index (χ0n) is 14.3. The summed E-state index contributed by atoms with van der Waals surface area (Å²) in [7, 11) is 0.946. The fraction of sp³-hybridized carbons (Fsp3) is 0.944. The lowest BCUT2D eigenvalue weighted by Crippen LogP contribution is -2.38. The summed E-state index contributed by atoms with van der Waals surface area (Å²) in [6.07, 6.45) is 13.6. The van der Waals surface area contributed by atoms with Gasteiger partial charge in [0.05, 0.1) is 5.04 Å². The molecule has 2 atom stereocenters. The highest BCUT2D eigenvalue weighted by Crippen LogP contribution is 2.49. The summed E-state index contributed by atoms with van der Waals surface area (Å²) in [6.45, 7) is 4.50. The Morgan fingerprint density at radius 1 is 1.14 bits per heavy atom. The second kappa shape index (κ2) is 7.80. The molecule has 0 N–H and O–H groups in total. The van der Waals surface area contributed by atoms with Crippen LogP contribution in [0.4, 0.5) is 0 Å². The molecule has 0 heterocycles. The third kappa shape index (κ3) is 3.91. The van der Waals surface area contributed by atoms with Crippen LogP contribution in [0.3, 0.4) is 0 Å². The molecule has 21 heavy (non-hydrogen) atoms. The van der Waals surface area contributed by atoms with Crippen LogP contribution in [0.15, 0.2) is 0 Å². The number of rotatable bonds is 7. The summed E-state index contributed by atoms with van der Waals surface area (Å²) >= 11 is 0. The normalized spacial score (nSPS) is 25.0. The summed E-state index contributed by atoms with van der Waals surface area (Å²) in [5.41, 5.74) is 0. The van der Waals surface area contributed by atoms with E-state index in [2.05, 4.69) is 13.8 Å². The number of carbonyl (C=O) groups is 1. The Kier molecular flexibility index (Phi) is 6.33. The van der Waals surface area contributed by atoms with Crippen LogP contribution in [0.1, 0.15) is 84.5 Å². The van der Waals surface area contributed by atoms with Gasteiger partial charge in [-0.05, 0) is 43.9 Å². The van der Waals surface area contributed by atoms with Crippen molar-refractivity contribution >= 4 is 16.2 Å². The zero-order valence-corrected chi connectivity index (χ0v) is 16.3. The lowest BCUT2D eigenvalue weighted by atomic mass is 9.75. The van der Waals surface area contributed by atoms with Crippen LogP contribution in [0, 0.1) is 11.8 Å². The smallest absolute Gasteiger partial charge is 0.308 e. The summed E-state index contributed by atoms with van der Waals surface area (Å²) in [5.74, 6) is 1.51. The van der Waals surface area contributed by atoms with E-state index in [4.69, 9.17) is 4.74 Å². The maximum absolute atomic E-state index is 13.0. The van der Waals surface area contributed by atoms with E-state index in [-0.39, 0.29) is 17.1 Å². The number of esters is 1. The van der Waals surface area contributed by atoms with Gasteiger partial charge in [-0.2, -0.15) is 0 Å². The molecule has 2 aliphatic rings. The fourth-order valence-electron chi connectivity index (χ4n) is 4.91. The molecule has 0 saturated heterocycles. The van der Waals surface area contributed by atoms with Crippen LogP contribution < -0.4 is 0 Å². The van der Waals surface area contributed by atoms with Gasteiger partial charge < -0.3 is 4.74 Å². The first-order valence-corrected chi connectivity index (χ1v) is 10.3. The molecule has 2 rings (SSSR count). The topological polar surface area (TPSA) is 26.3 Å². The number of hydrogen-bond acceptors (Lipinski definition) is 2. The minimum atomic E-state index is -0.124. The first-order valence-electron chi connectivity index (χ1n) is 9.32. The average Bonchev–Trinajstić information content (AvgIpc) is 3.13. The Morgan fingerprint density at radius 2 is 1.71 bits per heavy atom. The summed E-state index contributed by atoms with van der Waals surface area (Å²) in [4.78, 5) is 13.0. The Labute approximate surface area is 133 Å². The maximum Gasteiger partial charge on any atom is 0.308 e. The van der Waals surface area contributed by atoms with E-state index in [1.54, 1.807) is 0 Å². The van der Waals surface area contributed by atoms with E-state index in [1.165, 1.54) is 38.5 Å². The third-order valence-electron chi connectivity index (χ3n) is 6.04. The van der Waals surface area contributed by atoms with Gasteiger partial charge in [0.1, 0.15) is 6.10 Å². The molecule has 2 fully saturated rings. The molecule has 0 aromatic heterocycles. The van der Waals surface area contributed by atoms with E-state index in [0.717, 1.165) is 48.3 Å². The molecular weight excluding hydrogens is 276 g/mol. The number of ether oxygens (including phenoxy) is 1. The second-order valence-electron chi connectivity index (χ2n) is 7.54. The Hall–Kier alpha value is -0.313. The molecule has 2 saturated carbocycles. The predicted molar refractivity (Wildman–Crippen MR) is 91.6 cm³/mol. The Balaban J connectivity index is 2.09. The van der Waals surface area contributed by atoms with E-state index < -0.39 is 0 Å². The van der Waals surface area contributed by atoms with Crippen molar-refractivity contribution in [3.05, 3.63) is 0 Å². The minimum absolute atomic E-state index is 0.124. The molecule has 0 bridgehead atoms. The highest BCUT2D eigenvalue weighted by molar-refractivity contribution is 6.27. The van der Waals surface area contributed by atoms with Crippen molar-refractivity contribution < 1.29 is 9.53 Å². The van der Waals surface area contributed by atoms with Crippen molar-refractivity contribution in [1.29, 1.82) is 0 Å². The van der Waals surface area contributed by atoms with Gasteiger partial charge in [-0.25, -0.2) is 0 Å². The highest BCUT2D eigenvalue weighted by Gasteiger charge is 2.45. The van der Waals surface area contributed by atoms with Gasteiger partial charge in [-0.3, -0.25) is 4.79 Å². The quantitative estimate of drug-likeness (QED) is 0.524. The van der Waals surface area contributed by atoms with E-state index in [9.17, 15) is 4.79 Å². The summed E-state index contributed by atoms with van der Waals surface area (Å²) < 4.78 is 5.97. The molecule has 2 aliphatic carbocycles. The van der Waals surface area contributed by atoms with Crippen molar-refractivity contribution in [2.24, 2.45) is 11.8 Å². The van der Waals surface area contributed by atoms with Gasteiger partial charge in [0.25, 0.3) is 0 Å². The molecular formula is C18H34O2Si. The SMILES string of the molecule is CCCC([SiH3])(C(=O)OC1CCCC1)C(CC)C1CCCC1. The average molecular weight is 311 g/mol. The van der Waals surface area contributed by atoms with Gasteiger partial charge in [-0.15, -0.1) is 0 Å². The second-order valence-corrected chi connectivity index (χ2v) is 9.32. The zero-order chi connectivity index (χ0) is 15.3. The predicted octanol–water partition coefficient (Wildman–Crippen LogP) is 4.01. The Morgan fingerprint density at radius 3 is 2.24 bits per heavy atom. The van der Waals surface area contributed by atoms with E-state index in [1.807, 2.05) is 0 Å². The first kappa shape index (κ1) is 17.0. The third-order valence-corrected chi connectivity index (χ3v) is 7.69. The molecule has 0 spiro atoms. The number of hydrogen-bond donors (Lipinski definition) is 0. The van der Waals surface area contributed by atoms with Crippen LogP contribution in [-0.4, -0.2) is 22.3 Å². The molecule has 0 aromatic rings. The maximum atomic E-state index is 13.0. The molecule has 2 unspecified atom stereocenters. The largest absolute Gasteiger partial charge is 0.462 e. The van der Waals surface area contributed by atoms with E-state index in [0.29, 0.717) is 5.92 Å². The number of carbonyl (C=O) groups excluding carboxylic acids is 1. The van der Waals surface area contributed by atoms with Gasteiger partial charge in [0.2, 0.25) is 0 Å². The van der Waals surface area contributed by atoms with E-state index >= 15 is 0 Å². The molecule has 122 valence electrons. The molecule has 3 heteroatoms. The van der Waals surface area contributed by atoms with Crippen molar-refractivity contribution in [3.8, 4) is 0 Å². The van der Waals surface area contributed by atoms with Gasteiger partial charge in [0.15, 0.2) is 0 Å². The van der Waals surface area contributed by atoms with Crippen molar-refractivity contribution in [1.82, 2.24) is 0 Å². The van der Waals surface area contributed by atoms with Crippen molar-refractivity contribution in [2.45, 2.75) is 95.6 Å². The van der Waals surface area contributed by atoms with Crippen LogP contribution in [0.25, 0.3) is 0 Å². The van der Waals surface area contributed by atoms with Crippen molar-refractivity contribution in [3.63, 3.8) is 0 Å². The Bertz CT molecular complexity index is 332. The molecule has 0 aliphatic heterocycles. The van der Waals surface area contributed by atoms with Crippen LogP contribution in [-0.2, 0) is 9.53 Å². The molecule has 0 aromatic carbocycles. The molecule has 0 amide bonds. The first-order chi connectivity index (χ1) is 10.1. The lowest BCUT2D eigenvalue weighted by molar-refractivity contribution is -0.155. The van der Waals surface area contributed by atoms with Crippen LogP contribution >= 0.6 is 0 Å². The standard InChI is InChI=1S/C18H34O2Si/c1-3-13-18(21,16(4-2)14-9-5-6-10-14)17(19)20-15-11-7-8-12-15/h14-16H,3-13H2,1-2,21H3. The van der Waals surface area contributed by atoms with Crippen molar-refractivity contribution in [2.75, 3.05) is 0 Å². The minimum Gasteiger partial charge on any atom is -0.462 e. The van der Waals surface area contributed by atoms with Gasteiger partial charge in [0, 0.05) is 10.2 Å². The van der Waals surface area contributed by atoms with Crippen LogP contribution in [0.2, 0.25) is 5.04 Å². The fourth-order valence-corrected chi connectivity index (χ4v) is 6.41. The van der Waals surface area contributed by atoms with Gasteiger partial charge >= 0.3 is 5.97 Å². The molecule has 0 radical (unpaired) electrons. The van der Waals surface area contributed by atoms with Crippen LogP contribution in [0.5, 0.6) is 0 Å². The summed E-state index contributed by atoms with van der Waals surface area (Å²) in [5, 5.41) is -0.124. The monoisotopic (exact) mass is 310 g/mol. The summed E-state index contributed by atoms with van der Waals surface area (Å²) in [6, 6.07) is 0. The lowest BCUT2D eigenvalue weighted by Gasteiger charge is -2.39. The highest BCUT2D eigenvalue weighted by atomic mass is 28.1. The van der Waals surface area contributed by atoms with Gasteiger partial charge in [-0.1, -0.05) is 52.4 Å². The molecule has 2 nitrogen and oxygen atoms in total.